The number of aromatic amines is 1. The molecule has 1 unspecified atom stereocenters. The van der Waals surface area contributed by atoms with Crippen molar-refractivity contribution in [3.63, 3.8) is 0 Å². The predicted molar refractivity (Wildman–Crippen MR) is 105 cm³/mol. The summed E-state index contributed by atoms with van der Waals surface area (Å²) in [7, 11) is 0. The summed E-state index contributed by atoms with van der Waals surface area (Å²) in [5.41, 5.74) is 5.68. The van der Waals surface area contributed by atoms with Crippen LogP contribution in [0.25, 0.3) is 5.65 Å². The molecule has 0 aromatic carbocycles. The van der Waals surface area contributed by atoms with E-state index >= 15 is 0 Å². The molecule has 7 heteroatoms. The Hall–Kier alpha value is -3.32. The van der Waals surface area contributed by atoms with E-state index in [2.05, 4.69) is 25.9 Å². The molecular weight excluding hydrogens is 352 g/mol. The van der Waals surface area contributed by atoms with Gasteiger partial charge in [-0.1, -0.05) is 12.1 Å². The van der Waals surface area contributed by atoms with Crippen LogP contribution in [-0.4, -0.2) is 35.8 Å². The molecule has 5 rings (SSSR count). The highest BCUT2D eigenvalue weighted by molar-refractivity contribution is 5.40. The largest absolute Gasteiger partial charge is 0.348 e. The van der Waals surface area contributed by atoms with Crippen molar-refractivity contribution in [2.24, 2.45) is 0 Å². The standard InChI is InChI=1S/C21H20N6O/c1-14-4-5-18-25-16(9-19(28)27(18)11-14)12-26-8-6-17-20(24-13-23-17)21(26)15-3-2-7-22-10-15/h2-5,7,9-11,13,21H,6,8,12H2,1H3,(H,23,24). The van der Waals surface area contributed by atoms with Crippen LogP contribution in [0, 0.1) is 6.92 Å². The molecule has 0 radical (unpaired) electrons. The van der Waals surface area contributed by atoms with Crippen LogP contribution in [0.4, 0.5) is 0 Å². The van der Waals surface area contributed by atoms with Gasteiger partial charge >= 0.3 is 0 Å². The summed E-state index contributed by atoms with van der Waals surface area (Å²) in [5.74, 6) is 0. The molecule has 4 aromatic rings. The van der Waals surface area contributed by atoms with Crippen molar-refractivity contribution in [1.29, 1.82) is 0 Å². The number of rotatable bonds is 3. The van der Waals surface area contributed by atoms with Gasteiger partial charge in [0, 0.05) is 49.9 Å². The minimum atomic E-state index is -0.0564. The number of hydrogen-bond donors (Lipinski definition) is 1. The molecule has 0 saturated carbocycles. The molecule has 0 saturated heterocycles. The van der Waals surface area contributed by atoms with E-state index in [0.29, 0.717) is 12.2 Å². The first kappa shape index (κ1) is 16.8. The molecule has 1 N–H and O–H groups in total. The van der Waals surface area contributed by atoms with Crippen molar-refractivity contribution in [2.75, 3.05) is 6.54 Å². The van der Waals surface area contributed by atoms with Gasteiger partial charge in [0.1, 0.15) is 5.65 Å². The highest BCUT2D eigenvalue weighted by Gasteiger charge is 2.31. The molecule has 5 heterocycles. The summed E-state index contributed by atoms with van der Waals surface area (Å²) in [6.07, 6.45) is 8.12. The number of nitrogens with one attached hydrogen (secondary N) is 1. The van der Waals surface area contributed by atoms with E-state index in [1.54, 1.807) is 23.0 Å². The van der Waals surface area contributed by atoms with Crippen LogP contribution in [0.15, 0.2) is 60.0 Å². The summed E-state index contributed by atoms with van der Waals surface area (Å²) in [4.78, 5) is 31.7. The van der Waals surface area contributed by atoms with Crippen molar-refractivity contribution < 1.29 is 0 Å². The van der Waals surface area contributed by atoms with Gasteiger partial charge in [-0.15, -0.1) is 0 Å². The third-order valence-electron chi connectivity index (χ3n) is 5.25. The minimum Gasteiger partial charge on any atom is -0.348 e. The molecule has 4 aromatic heterocycles. The molecule has 0 spiro atoms. The highest BCUT2D eigenvalue weighted by atomic mass is 16.1. The van der Waals surface area contributed by atoms with Gasteiger partial charge in [0.2, 0.25) is 0 Å². The van der Waals surface area contributed by atoms with Gasteiger partial charge in [0.15, 0.2) is 0 Å². The van der Waals surface area contributed by atoms with Crippen LogP contribution in [0.5, 0.6) is 0 Å². The predicted octanol–water partition coefficient (Wildman–Crippen LogP) is 2.27. The third kappa shape index (κ3) is 2.90. The summed E-state index contributed by atoms with van der Waals surface area (Å²) < 4.78 is 1.60. The fourth-order valence-electron chi connectivity index (χ4n) is 3.95. The number of nitrogens with zero attached hydrogens (tertiary/aromatic N) is 5. The highest BCUT2D eigenvalue weighted by Crippen LogP contribution is 2.33. The first-order chi connectivity index (χ1) is 13.7. The fourth-order valence-corrected chi connectivity index (χ4v) is 3.95. The number of fused-ring (bicyclic) bond motifs is 2. The van der Waals surface area contributed by atoms with E-state index in [0.717, 1.165) is 41.2 Å². The second-order valence-electron chi connectivity index (χ2n) is 7.20. The van der Waals surface area contributed by atoms with E-state index in [1.165, 1.54) is 0 Å². The van der Waals surface area contributed by atoms with Crippen LogP contribution in [0.2, 0.25) is 0 Å². The Morgan fingerprint density at radius 2 is 2.21 bits per heavy atom. The van der Waals surface area contributed by atoms with Gasteiger partial charge in [0.25, 0.3) is 5.56 Å². The monoisotopic (exact) mass is 372 g/mol. The number of imidazole rings is 1. The first-order valence-corrected chi connectivity index (χ1v) is 9.34. The van der Waals surface area contributed by atoms with Crippen molar-refractivity contribution in [3.05, 3.63) is 93.8 Å². The topological polar surface area (TPSA) is 79.2 Å². The molecule has 0 aliphatic carbocycles. The smallest absolute Gasteiger partial charge is 0.258 e. The number of aromatic nitrogens is 5. The Labute approximate surface area is 161 Å². The lowest BCUT2D eigenvalue weighted by molar-refractivity contribution is 0.197. The Bertz CT molecular complexity index is 1200. The Morgan fingerprint density at radius 3 is 3.07 bits per heavy atom. The van der Waals surface area contributed by atoms with E-state index in [-0.39, 0.29) is 11.6 Å². The lowest BCUT2D eigenvalue weighted by Crippen LogP contribution is -2.36. The van der Waals surface area contributed by atoms with Crippen molar-refractivity contribution in [1.82, 2.24) is 29.2 Å². The molecule has 140 valence electrons. The van der Waals surface area contributed by atoms with Gasteiger partial charge < -0.3 is 4.98 Å². The maximum absolute atomic E-state index is 12.6. The molecule has 1 aliphatic rings. The zero-order valence-electron chi connectivity index (χ0n) is 15.5. The van der Waals surface area contributed by atoms with Gasteiger partial charge in [-0.2, -0.15) is 0 Å². The van der Waals surface area contributed by atoms with Gasteiger partial charge in [-0.05, 0) is 30.2 Å². The molecule has 0 amide bonds. The average molecular weight is 372 g/mol. The summed E-state index contributed by atoms with van der Waals surface area (Å²) in [6, 6.07) is 9.49. The number of hydrogen-bond acceptors (Lipinski definition) is 5. The Morgan fingerprint density at radius 1 is 1.29 bits per heavy atom. The van der Waals surface area contributed by atoms with Gasteiger partial charge in [-0.3, -0.25) is 19.1 Å². The lowest BCUT2D eigenvalue weighted by Gasteiger charge is -2.34. The fraction of sp³-hybridized carbons (Fsp3) is 0.238. The maximum atomic E-state index is 12.6. The Balaban J connectivity index is 1.54. The van der Waals surface area contributed by atoms with Crippen molar-refractivity contribution in [2.45, 2.75) is 25.9 Å². The summed E-state index contributed by atoms with van der Waals surface area (Å²) in [5, 5.41) is 0. The van der Waals surface area contributed by atoms with Crippen molar-refractivity contribution in [3.8, 4) is 0 Å². The molecule has 1 atom stereocenters. The molecule has 0 bridgehead atoms. The van der Waals surface area contributed by atoms with E-state index in [9.17, 15) is 4.79 Å². The second kappa shape index (κ2) is 6.69. The number of pyridine rings is 2. The molecular formula is C21H20N6O. The maximum Gasteiger partial charge on any atom is 0.258 e. The van der Waals surface area contributed by atoms with Crippen LogP contribution < -0.4 is 5.56 Å². The SMILES string of the molecule is Cc1ccc2nc(CN3CCc4[nH]cnc4C3c3cccnc3)cc(=O)n2c1. The molecule has 7 nitrogen and oxygen atoms in total. The minimum absolute atomic E-state index is 0.0121. The molecule has 28 heavy (non-hydrogen) atoms. The first-order valence-electron chi connectivity index (χ1n) is 9.34. The number of H-pyrrole nitrogens is 1. The van der Waals surface area contributed by atoms with Gasteiger partial charge in [-0.25, -0.2) is 9.97 Å². The van der Waals surface area contributed by atoms with E-state index in [4.69, 9.17) is 4.98 Å². The lowest BCUT2D eigenvalue weighted by atomic mass is 9.96. The van der Waals surface area contributed by atoms with Gasteiger partial charge in [0.05, 0.1) is 23.8 Å². The summed E-state index contributed by atoms with van der Waals surface area (Å²) >= 11 is 0. The van der Waals surface area contributed by atoms with Crippen LogP contribution in [0.1, 0.15) is 34.3 Å². The Kier molecular flexibility index (Phi) is 4.02. The normalized spacial score (nSPS) is 17.0. The molecule has 1 aliphatic heterocycles. The number of aryl methyl sites for hydroxylation is 1. The third-order valence-corrected chi connectivity index (χ3v) is 5.25. The van der Waals surface area contributed by atoms with Crippen LogP contribution in [0.3, 0.4) is 0 Å². The zero-order valence-corrected chi connectivity index (χ0v) is 15.5. The van der Waals surface area contributed by atoms with E-state index < -0.39 is 0 Å². The second-order valence-corrected chi connectivity index (χ2v) is 7.20. The van der Waals surface area contributed by atoms with Crippen LogP contribution in [-0.2, 0) is 13.0 Å². The quantitative estimate of drug-likeness (QED) is 0.597. The van der Waals surface area contributed by atoms with Crippen molar-refractivity contribution >= 4 is 5.65 Å². The molecule has 0 fully saturated rings. The zero-order chi connectivity index (χ0) is 19.1. The van der Waals surface area contributed by atoms with Crippen LogP contribution >= 0.6 is 0 Å². The van der Waals surface area contributed by atoms with E-state index in [1.807, 2.05) is 37.5 Å². The summed E-state index contributed by atoms with van der Waals surface area (Å²) in [6.45, 7) is 3.39. The average Bonchev–Trinajstić information content (AvgIpc) is 3.18.